The molecule has 1 amide bonds. The first kappa shape index (κ1) is 27.3. The number of halogens is 3. The average molecular weight is 529 g/mol. The van der Waals surface area contributed by atoms with Crippen molar-refractivity contribution < 1.29 is 22.7 Å². The number of piperazine rings is 1. The molecular formula is C27H31F3N6O2. The highest BCUT2D eigenvalue weighted by Crippen LogP contribution is 2.26. The number of hydrogen-bond donors (Lipinski definition) is 1. The van der Waals surface area contributed by atoms with Crippen LogP contribution in [0.2, 0.25) is 0 Å². The Labute approximate surface area is 219 Å². The van der Waals surface area contributed by atoms with Crippen molar-refractivity contribution in [1.29, 1.82) is 0 Å². The minimum absolute atomic E-state index is 0.146. The lowest BCUT2D eigenvalue weighted by Gasteiger charge is -2.35. The van der Waals surface area contributed by atoms with Crippen LogP contribution in [-0.2, 0) is 13.0 Å². The van der Waals surface area contributed by atoms with Gasteiger partial charge >= 0.3 is 6.18 Å². The number of aryl methyl sites for hydroxylation is 1. The molecule has 0 spiro atoms. The quantitative estimate of drug-likeness (QED) is 0.448. The number of pyridine rings is 1. The maximum absolute atomic E-state index is 12.3. The first-order chi connectivity index (χ1) is 18.3. The van der Waals surface area contributed by atoms with E-state index >= 15 is 0 Å². The number of anilines is 1. The highest BCUT2D eigenvalue weighted by Gasteiger charge is 2.28. The summed E-state index contributed by atoms with van der Waals surface area (Å²) in [5.41, 5.74) is 4.56. The van der Waals surface area contributed by atoms with Crippen molar-refractivity contribution in [2.24, 2.45) is 0 Å². The van der Waals surface area contributed by atoms with E-state index in [9.17, 15) is 18.0 Å². The topological polar surface area (TPSA) is 83.5 Å². The molecule has 1 fully saturated rings. The molecule has 38 heavy (non-hydrogen) atoms. The van der Waals surface area contributed by atoms with Gasteiger partial charge in [-0.15, -0.1) is 10.2 Å². The van der Waals surface area contributed by atoms with Crippen LogP contribution in [0.25, 0.3) is 11.1 Å². The van der Waals surface area contributed by atoms with Crippen molar-refractivity contribution in [1.82, 2.24) is 25.4 Å². The summed E-state index contributed by atoms with van der Waals surface area (Å²) >= 11 is 0. The third-order valence-electron chi connectivity index (χ3n) is 6.37. The molecule has 0 unspecified atom stereocenters. The average Bonchev–Trinajstić information content (AvgIpc) is 2.92. The van der Waals surface area contributed by atoms with Crippen molar-refractivity contribution in [2.75, 3.05) is 44.2 Å². The summed E-state index contributed by atoms with van der Waals surface area (Å²) in [6.45, 7) is 7.22. The van der Waals surface area contributed by atoms with Gasteiger partial charge in [-0.2, -0.15) is 13.2 Å². The number of benzene rings is 1. The lowest BCUT2D eigenvalue weighted by molar-refractivity contribution is -0.123. The number of ether oxygens (including phenoxy) is 1. The molecule has 3 heterocycles. The van der Waals surface area contributed by atoms with Gasteiger partial charge in [0, 0.05) is 44.5 Å². The van der Waals surface area contributed by atoms with E-state index in [1.165, 1.54) is 17.2 Å². The monoisotopic (exact) mass is 528 g/mol. The maximum Gasteiger partial charge on any atom is 0.405 e. The smallest absolute Gasteiger partial charge is 0.405 e. The zero-order chi connectivity index (χ0) is 27.1. The minimum Gasteiger partial charge on any atom is -0.492 e. The van der Waals surface area contributed by atoms with E-state index in [2.05, 4.69) is 50.1 Å². The molecule has 4 rings (SSSR count). The van der Waals surface area contributed by atoms with Gasteiger partial charge in [-0.05, 0) is 48.2 Å². The third-order valence-corrected chi connectivity index (χ3v) is 6.37. The second-order valence-corrected chi connectivity index (χ2v) is 9.02. The van der Waals surface area contributed by atoms with Crippen molar-refractivity contribution >= 4 is 11.7 Å². The van der Waals surface area contributed by atoms with Gasteiger partial charge < -0.3 is 15.0 Å². The fourth-order valence-corrected chi connectivity index (χ4v) is 4.37. The lowest BCUT2D eigenvalue weighted by Crippen LogP contribution is -2.46. The Morgan fingerprint density at radius 2 is 1.76 bits per heavy atom. The Bertz CT molecular complexity index is 1230. The van der Waals surface area contributed by atoms with E-state index in [1.807, 2.05) is 19.2 Å². The molecule has 0 bridgehead atoms. The molecule has 0 aliphatic carbocycles. The van der Waals surface area contributed by atoms with Crippen LogP contribution >= 0.6 is 0 Å². The number of nitrogens with zero attached hydrogens (tertiary/aromatic N) is 5. The summed E-state index contributed by atoms with van der Waals surface area (Å²) in [5, 5.41) is 9.68. The molecule has 8 nitrogen and oxygen atoms in total. The van der Waals surface area contributed by atoms with Gasteiger partial charge in [0.15, 0.2) is 11.5 Å². The van der Waals surface area contributed by atoms with Crippen LogP contribution in [0, 0.1) is 0 Å². The third kappa shape index (κ3) is 7.18. The van der Waals surface area contributed by atoms with Crippen LogP contribution in [0.5, 0.6) is 5.75 Å². The van der Waals surface area contributed by atoms with Gasteiger partial charge in [-0.3, -0.25) is 14.7 Å². The SMILES string of the molecule is CCOc1cncc(-c2ccc(CN3CCN(c4ccc(C(=O)NCC(F)(F)F)nn4)CC3)c(CC)c2)c1. The molecular weight excluding hydrogens is 497 g/mol. The number of carbonyl (C=O) groups is 1. The first-order valence-electron chi connectivity index (χ1n) is 12.6. The molecule has 11 heteroatoms. The van der Waals surface area contributed by atoms with Crippen molar-refractivity contribution in [3.05, 3.63) is 65.6 Å². The van der Waals surface area contributed by atoms with Crippen LogP contribution in [0.3, 0.4) is 0 Å². The number of amides is 1. The van der Waals surface area contributed by atoms with Crippen LogP contribution in [-0.4, -0.2) is 71.5 Å². The zero-order valence-corrected chi connectivity index (χ0v) is 21.5. The largest absolute Gasteiger partial charge is 0.492 e. The molecule has 0 saturated carbocycles. The van der Waals surface area contributed by atoms with Crippen molar-refractivity contribution in [3.8, 4) is 16.9 Å². The summed E-state index contributed by atoms with van der Waals surface area (Å²) in [6.07, 6.45) is 0.00758. The molecule has 3 aromatic rings. The summed E-state index contributed by atoms with van der Waals surface area (Å²) in [4.78, 5) is 20.6. The predicted molar refractivity (Wildman–Crippen MR) is 138 cm³/mol. The minimum atomic E-state index is -4.48. The second kappa shape index (κ2) is 12.2. The maximum atomic E-state index is 12.3. The second-order valence-electron chi connectivity index (χ2n) is 9.02. The van der Waals surface area contributed by atoms with E-state index in [4.69, 9.17) is 4.74 Å². The van der Waals surface area contributed by atoms with Crippen LogP contribution in [0.15, 0.2) is 48.8 Å². The summed E-state index contributed by atoms with van der Waals surface area (Å²) in [7, 11) is 0. The fraction of sp³-hybridized carbons (Fsp3) is 0.407. The number of hydrogen-bond acceptors (Lipinski definition) is 7. The number of rotatable bonds is 9. The highest BCUT2D eigenvalue weighted by molar-refractivity contribution is 5.92. The van der Waals surface area contributed by atoms with Gasteiger partial charge in [0.25, 0.3) is 5.91 Å². The van der Waals surface area contributed by atoms with Gasteiger partial charge in [-0.1, -0.05) is 25.1 Å². The van der Waals surface area contributed by atoms with E-state index in [1.54, 1.807) is 17.6 Å². The van der Waals surface area contributed by atoms with Crippen LogP contribution in [0.1, 0.15) is 35.5 Å². The van der Waals surface area contributed by atoms with Gasteiger partial charge in [0.2, 0.25) is 0 Å². The Kier molecular flexibility index (Phi) is 8.77. The van der Waals surface area contributed by atoms with E-state index in [0.29, 0.717) is 12.4 Å². The Morgan fingerprint density at radius 3 is 2.42 bits per heavy atom. The van der Waals surface area contributed by atoms with Crippen molar-refractivity contribution in [3.63, 3.8) is 0 Å². The van der Waals surface area contributed by atoms with Crippen LogP contribution < -0.4 is 15.0 Å². The zero-order valence-electron chi connectivity index (χ0n) is 21.5. The number of carbonyl (C=O) groups excluding carboxylic acids is 1. The van der Waals surface area contributed by atoms with E-state index in [-0.39, 0.29) is 5.69 Å². The molecule has 1 aliphatic rings. The molecule has 202 valence electrons. The summed E-state index contributed by atoms with van der Waals surface area (Å²) in [6, 6.07) is 11.6. The number of nitrogens with one attached hydrogen (secondary N) is 1. The first-order valence-corrected chi connectivity index (χ1v) is 12.6. The fourth-order valence-electron chi connectivity index (χ4n) is 4.37. The molecule has 1 aromatic carbocycles. The molecule has 1 aliphatic heterocycles. The molecule has 0 atom stereocenters. The lowest BCUT2D eigenvalue weighted by atomic mass is 9.98. The normalized spacial score (nSPS) is 14.4. The predicted octanol–water partition coefficient (Wildman–Crippen LogP) is 4.11. The molecule has 1 N–H and O–H groups in total. The summed E-state index contributed by atoms with van der Waals surface area (Å²) < 4.78 is 42.5. The number of alkyl halides is 3. The standard InChI is InChI=1S/C27H31F3N6O2/c1-3-19-13-20(22-14-23(38-4-2)16-31-15-22)5-6-21(19)17-35-9-11-36(12-10-35)25-8-7-24(33-34-25)26(37)32-18-27(28,29)30/h5-8,13-16H,3-4,9-12,17-18H2,1-2H3,(H,32,37). The molecule has 1 saturated heterocycles. The molecule has 0 radical (unpaired) electrons. The van der Waals surface area contributed by atoms with Gasteiger partial charge in [0.1, 0.15) is 12.3 Å². The van der Waals surface area contributed by atoms with Gasteiger partial charge in [-0.25, -0.2) is 0 Å². The van der Waals surface area contributed by atoms with E-state index in [0.717, 1.165) is 56.0 Å². The Balaban J connectivity index is 1.33. The Morgan fingerprint density at radius 1 is 0.974 bits per heavy atom. The highest BCUT2D eigenvalue weighted by atomic mass is 19.4. The Hall–Kier alpha value is -3.73. The number of aromatic nitrogens is 3. The molecule has 2 aromatic heterocycles. The van der Waals surface area contributed by atoms with Crippen molar-refractivity contribution in [2.45, 2.75) is 33.0 Å². The van der Waals surface area contributed by atoms with Crippen LogP contribution in [0.4, 0.5) is 19.0 Å². The summed E-state index contributed by atoms with van der Waals surface area (Å²) in [5.74, 6) is 0.453. The van der Waals surface area contributed by atoms with E-state index < -0.39 is 18.6 Å². The van der Waals surface area contributed by atoms with Gasteiger partial charge in [0.05, 0.1) is 12.8 Å².